The van der Waals surface area contributed by atoms with Crippen LogP contribution in [0.15, 0.2) is 30.3 Å². The summed E-state index contributed by atoms with van der Waals surface area (Å²) in [4.78, 5) is 40.0. The smallest absolute Gasteiger partial charge is 0.370 e. The van der Waals surface area contributed by atoms with Gasteiger partial charge in [0, 0.05) is 25.3 Å². The van der Waals surface area contributed by atoms with Gasteiger partial charge >= 0.3 is 12.4 Å². The Balaban J connectivity index is 1.60. The summed E-state index contributed by atoms with van der Waals surface area (Å²) in [6, 6.07) is 4.07. The van der Waals surface area contributed by atoms with Gasteiger partial charge in [0.05, 0.1) is 33.6 Å². The maximum Gasteiger partial charge on any atom is 0.418 e. The van der Waals surface area contributed by atoms with Crippen LogP contribution in [0.5, 0.6) is 0 Å². The van der Waals surface area contributed by atoms with Crippen molar-refractivity contribution in [1.29, 1.82) is 0 Å². The molecule has 1 aromatic carbocycles. The summed E-state index contributed by atoms with van der Waals surface area (Å²) in [6.45, 7) is -2.58. The average Bonchev–Trinajstić information content (AvgIpc) is 3.59. The van der Waals surface area contributed by atoms with E-state index in [-0.39, 0.29) is 36.2 Å². The molecule has 1 aromatic heterocycles. The minimum Gasteiger partial charge on any atom is -0.370 e. The highest BCUT2D eigenvalue weighted by molar-refractivity contribution is 7.18. The number of benzene rings is 1. The van der Waals surface area contributed by atoms with E-state index < -0.39 is 67.1 Å². The minimum absolute atomic E-state index is 0.0304. The second-order valence-electron chi connectivity index (χ2n) is 9.63. The molecule has 8 nitrogen and oxygen atoms in total. The Hall–Kier alpha value is -2.88. The highest BCUT2D eigenvalue weighted by atomic mass is 35.5. The first-order valence-electron chi connectivity index (χ1n) is 12.5. The number of ether oxygens (including phenoxy) is 1. The van der Waals surface area contributed by atoms with Gasteiger partial charge in [0.25, 0.3) is 11.8 Å². The summed E-state index contributed by atoms with van der Waals surface area (Å²) in [5, 5.41) is 4.72. The van der Waals surface area contributed by atoms with Crippen LogP contribution in [-0.4, -0.2) is 74.2 Å². The Kier molecular flexibility index (Phi) is 9.51. The van der Waals surface area contributed by atoms with E-state index in [1.165, 1.54) is 12.1 Å². The quantitative estimate of drug-likeness (QED) is 0.370. The molecular weight excluding hydrogens is 602 g/mol. The van der Waals surface area contributed by atoms with Crippen molar-refractivity contribution in [1.82, 2.24) is 10.2 Å². The Morgan fingerprint density at radius 2 is 1.88 bits per heavy atom. The monoisotopic (exact) mass is 626 g/mol. The number of hydrogen-bond acceptors (Lipinski definition) is 6. The van der Waals surface area contributed by atoms with Crippen LogP contribution in [-0.2, 0) is 20.5 Å². The van der Waals surface area contributed by atoms with Gasteiger partial charge in [-0.25, -0.2) is 0 Å². The molecule has 41 heavy (non-hydrogen) atoms. The fourth-order valence-corrected chi connectivity index (χ4v) is 5.30. The van der Waals surface area contributed by atoms with Crippen LogP contribution in [0.4, 0.5) is 37.7 Å². The number of rotatable bonds is 10. The third kappa shape index (κ3) is 8.56. The Morgan fingerprint density at radius 3 is 2.46 bits per heavy atom. The molecule has 0 unspecified atom stereocenters. The van der Waals surface area contributed by atoms with Crippen LogP contribution in [0.1, 0.15) is 28.1 Å². The van der Waals surface area contributed by atoms with Gasteiger partial charge in [-0.05, 0) is 49.1 Å². The predicted molar refractivity (Wildman–Crippen MR) is 139 cm³/mol. The van der Waals surface area contributed by atoms with Gasteiger partial charge in [-0.3, -0.25) is 19.3 Å². The van der Waals surface area contributed by atoms with Crippen molar-refractivity contribution in [3.8, 4) is 0 Å². The summed E-state index contributed by atoms with van der Waals surface area (Å²) in [5.74, 6) is -2.47. The van der Waals surface area contributed by atoms with Crippen molar-refractivity contribution in [2.45, 2.75) is 31.2 Å². The van der Waals surface area contributed by atoms with E-state index >= 15 is 0 Å². The summed E-state index contributed by atoms with van der Waals surface area (Å²) in [5.41, 5.74) is -1.99. The van der Waals surface area contributed by atoms with Gasteiger partial charge in [0.2, 0.25) is 5.91 Å². The lowest BCUT2D eigenvalue weighted by atomic mass is 10.1. The molecule has 2 fully saturated rings. The van der Waals surface area contributed by atoms with E-state index in [0.717, 1.165) is 33.3 Å². The van der Waals surface area contributed by atoms with E-state index in [1.807, 2.05) is 0 Å². The number of amides is 3. The fraction of sp³-hybridized carbons (Fsp3) is 0.480. The number of nitrogens with zero attached hydrogens (tertiary/aromatic N) is 2. The fourth-order valence-electron chi connectivity index (χ4n) is 4.34. The summed E-state index contributed by atoms with van der Waals surface area (Å²) in [6.07, 6.45) is -8.27. The summed E-state index contributed by atoms with van der Waals surface area (Å²) >= 11 is 6.77. The van der Waals surface area contributed by atoms with E-state index in [9.17, 15) is 40.7 Å². The van der Waals surface area contributed by atoms with Crippen molar-refractivity contribution in [2.24, 2.45) is 5.92 Å². The van der Waals surface area contributed by atoms with Crippen molar-refractivity contribution in [2.75, 3.05) is 49.6 Å². The van der Waals surface area contributed by atoms with Gasteiger partial charge in [0.15, 0.2) is 0 Å². The number of morpholine rings is 1. The average molecular weight is 627 g/mol. The molecule has 2 N–H and O–H groups in total. The number of thiophene rings is 1. The van der Waals surface area contributed by atoms with E-state index in [1.54, 1.807) is 0 Å². The second-order valence-corrected chi connectivity index (χ2v) is 11.3. The normalized spacial score (nSPS) is 17.1. The van der Waals surface area contributed by atoms with Gasteiger partial charge in [-0.1, -0.05) is 11.6 Å². The minimum atomic E-state index is -4.92. The highest BCUT2D eigenvalue weighted by Crippen LogP contribution is 2.39. The summed E-state index contributed by atoms with van der Waals surface area (Å²) in [7, 11) is 0. The van der Waals surface area contributed by atoms with Crippen LogP contribution in [0.25, 0.3) is 0 Å². The number of carbonyl (C=O) groups excluding carboxylic acids is 3. The molecule has 16 heteroatoms. The molecule has 1 atom stereocenters. The Morgan fingerprint density at radius 1 is 1.15 bits per heavy atom. The number of alkyl halides is 6. The first-order chi connectivity index (χ1) is 19.2. The lowest BCUT2D eigenvalue weighted by Gasteiger charge is -2.32. The molecule has 0 radical (unpaired) electrons. The number of halogens is 7. The third-order valence-corrected chi connectivity index (χ3v) is 7.64. The number of carbonyl (C=O) groups is 3. The summed E-state index contributed by atoms with van der Waals surface area (Å²) < 4.78 is 87.7. The number of anilines is 2. The van der Waals surface area contributed by atoms with E-state index in [4.69, 9.17) is 16.3 Å². The first-order valence-corrected chi connectivity index (χ1v) is 13.7. The SMILES string of the molecule is O=C(NC[C@H](C(=O)Nc1ccc(N2CCOCC2=O)c(C(F)(F)F)c1)N(CC1CC1)CC(F)(F)F)c1ccc(Cl)s1. The van der Waals surface area contributed by atoms with Gasteiger partial charge in [-0.15, -0.1) is 11.3 Å². The van der Waals surface area contributed by atoms with Gasteiger partial charge in [-0.2, -0.15) is 26.3 Å². The van der Waals surface area contributed by atoms with Crippen molar-refractivity contribution < 1.29 is 45.5 Å². The topological polar surface area (TPSA) is 91.0 Å². The molecule has 1 saturated heterocycles. The zero-order valence-corrected chi connectivity index (χ0v) is 22.9. The Labute approximate surface area is 239 Å². The maximum absolute atomic E-state index is 14.0. The van der Waals surface area contributed by atoms with E-state index in [2.05, 4.69) is 10.6 Å². The highest BCUT2D eigenvalue weighted by Gasteiger charge is 2.40. The molecule has 2 aliphatic rings. The van der Waals surface area contributed by atoms with Crippen LogP contribution in [0, 0.1) is 5.92 Å². The lowest BCUT2D eigenvalue weighted by molar-refractivity contribution is -0.154. The molecule has 1 aliphatic carbocycles. The number of nitrogens with one attached hydrogen (secondary N) is 2. The van der Waals surface area contributed by atoms with Crippen LogP contribution in [0.2, 0.25) is 4.34 Å². The maximum atomic E-state index is 14.0. The first kappa shape index (κ1) is 31.1. The molecular formula is C25H25ClF6N4O4S. The van der Waals surface area contributed by atoms with Gasteiger partial charge < -0.3 is 20.3 Å². The van der Waals surface area contributed by atoms with E-state index in [0.29, 0.717) is 23.2 Å². The molecule has 1 saturated carbocycles. The third-order valence-electron chi connectivity index (χ3n) is 6.41. The van der Waals surface area contributed by atoms with Crippen LogP contribution < -0.4 is 15.5 Å². The zero-order chi connectivity index (χ0) is 29.9. The molecule has 4 rings (SSSR count). The molecule has 3 amide bonds. The van der Waals surface area contributed by atoms with Gasteiger partial charge in [0.1, 0.15) is 12.6 Å². The molecule has 224 valence electrons. The zero-order valence-electron chi connectivity index (χ0n) is 21.3. The van der Waals surface area contributed by atoms with Crippen molar-refractivity contribution in [3.05, 3.63) is 45.1 Å². The predicted octanol–water partition coefficient (Wildman–Crippen LogP) is 4.79. The molecule has 2 aromatic rings. The van der Waals surface area contributed by atoms with Crippen molar-refractivity contribution in [3.63, 3.8) is 0 Å². The van der Waals surface area contributed by atoms with Crippen molar-refractivity contribution >= 4 is 52.0 Å². The second kappa shape index (κ2) is 12.5. The Bertz CT molecular complexity index is 1280. The molecule has 0 bridgehead atoms. The number of hydrogen-bond donors (Lipinski definition) is 2. The molecule has 1 aliphatic heterocycles. The molecule has 2 heterocycles. The molecule has 0 spiro atoms. The lowest BCUT2D eigenvalue weighted by Crippen LogP contribution is -2.54. The van der Waals surface area contributed by atoms with Crippen LogP contribution >= 0.6 is 22.9 Å². The van der Waals surface area contributed by atoms with Crippen LogP contribution in [0.3, 0.4) is 0 Å². The standard InChI is InChI=1S/C25H25ClF6N4O4S/c26-20-6-5-19(41-20)23(39)33-10-18(35(11-14-1-2-14)13-24(27,28)29)22(38)34-15-3-4-17(16(9-15)25(30,31)32)36-7-8-40-12-21(36)37/h3-6,9,14,18H,1-2,7-8,10-13H2,(H,33,39)(H,34,38)/t18-/m1/s1. The largest absolute Gasteiger partial charge is 0.418 e.